The van der Waals surface area contributed by atoms with Crippen LogP contribution in [0.3, 0.4) is 0 Å². The van der Waals surface area contributed by atoms with Gasteiger partial charge in [-0.2, -0.15) is 0 Å². The molecule has 2 N–H and O–H groups in total. The molecule has 0 aliphatic heterocycles. The average molecular weight is 208 g/mol. The number of nitrogens with one attached hydrogen (secondary N) is 2. The first-order valence-corrected chi connectivity index (χ1v) is 5.53. The van der Waals surface area contributed by atoms with E-state index < -0.39 is 0 Å². The lowest BCUT2D eigenvalue weighted by molar-refractivity contribution is 0.742. The Morgan fingerprint density at radius 3 is 2.60 bits per heavy atom. The summed E-state index contributed by atoms with van der Waals surface area (Å²) in [5, 5.41) is 6.32. The zero-order chi connectivity index (χ0) is 11.1. The molecule has 0 saturated heterocycles. The van der Waals surface area contributed by atoms with Crippen LogP contribution in [0.2, 0.25) is 0 Å². The van der Waals surface area contributed by atoms with Crippen LogP contribution in [-0.4, -0.2) is 23.6 Å². The van der Waals surface area contributed by atoms with Gasteiger partial charge in [-0.15, -0.1) is 0 Å². The molecule has 0 radical (unpaired) electrons. The van der Waals surface area contributed by atoms with Crippen molar-refractivity contribution in [2.24, 2.45) is 0 Å². The number of aromatic nitrogens is 2. The Labute approximate surface area is 91.5 Å². The summed E-state index contributed by atoms with van der Waals surface area (Å²) in [4.78, 5) is 8.55. The van der Waals surface area contributed by atoms with Crippen molar-refractivity contribution in [1.82, 2.24) is 9.97 Å². The summed E-state index contributed by atoms with van der Waals surface area (Å²) in [5.74, 6) is 2.56. The molecule has 0 unspecified atom stereocenters. The van der Waals surface area contributed by atoms with Gasteiger partial charge in [0.1, 0.15) is 17.5 Å². The molecule has 0 atom stereocenters. The van der Waals surface area contributed by atoms with Crippen LogP contribution in [0.4, 0.5) is 11.6 Å². The van der Waals surface area contributed by atoms with Gasteiger partial charge in [-0.3, -0.25) is 0 Å². The third kappa shape index (κ3) is 4.14. The molecule has 0 saturated carbocycles. The van der Waals surface area contributed by atoms with Crippen molar-refractivity contribution in [3.8, 4) is 0 Å². The van der Waals surface area contributed by atoms with Gasteiger partial charge >= 0.3 is 0 Å². The van der Waals surface area contributed by atoms with Crippen LogP contribution in [0.1, 0.15) is 32.0 Å². The molecule has 0 bridgehead atoms. The predicted molar refractivity (Wildman–Crippen MR) is 64.3 cm³/mol. The van der Waals surface area contributed by atoms with Crippen molar-refractivity contribution >= 4 is 11.6 Å². The maximum absolute atomic E-state index is 4.32. The summed E-state index contributed by atoms with van der Waals surface area (Å²) >= 11 is 0. The van der Waals surface area contributed by atoms with E-state index in [2.05, 4.69) is 27.5 Å². The van der Waals surface area contributed by atoms with Crippen LogP contribution < -0.4 is 10.6 Å². The molecule has 0 spiro atoms. The predicted octanol–water partition coefficient (Wildman–Crippen LogP) is 2.43. The standard InChI is InChI=1S/C11H20N4/c1-4-5-6-7-13-11-8-10(12-3)14-9(2)15-11/h8H,4-7H2,1-3H3,(H2,12,13,14,15). The molecule has 1 rings (SSSR count). The highest BCUT2D eigenvalue weighted by Gasteiger charge is 1.99. The summed E-state index contributed by atoms with van der Waals surface area (Å²) in [6.07, 6.45) is 3.69. The molecule has 1 heterocycles. The van der Waals surface area contributed by atoms with E-state index in [9.17, 15) is 0 Å². The highest BCUT2D eigenvalue weighted by atomic mass is 15.1. The molecule has 0 aliphatic carbocycles. The molecule has 84 valence electrons. The molecule has 4 nitrogen and oxygen atoms in total. The van der Waals surface area contributed by atoms with Gasteiger partial charge in [0.25, 0.3) is 0 Å². The van der Waals surface area contributed by atoms with Crippen LogP contribution >= 0.6 is 0 Å². The Morgan fingerprint density at radius 1 is 1.20 bits per heavy atom. The first kappa shape index (κ1) is 11.8. The summed E-state index contributed by atoms with van der Waals surface area (Å²) in [5.41, 5.74) is 0. The van der Waals surface area contributed by atoms with E-state index in [0.29, 0.717) is 0 Å². The van der Waals surface area contributed by atoms with Crippen LogP contribution in [0.5, 0.6) is 0 Å². The molecule has 0 aromatic carbocycles. The average Bonchev–Trinajstić information content (AvgIpc) is 2.23. The van der Waals surface area contributed by atoms with E-state index in [1.165, 1.54) is 19.3 Å². The minimum absolute atomic E-state index is 0.792. The van der Waals surface area contributed by atoms with Gasteiger partial charge in [-0.1, -0.05) is 19.8 Å². The van der Waals surface area contributed by atoms with Gasteiger partial charge in [0.2, 0.25) is 0 Å². The monoisotopic (exact) mass is 208 g/mol. The van der Waals surface area contributed by atoms with Gasteiger partial charge in [0.05, 0.1) is 0 Å². The number of aryl methyl sites for hydroxylation is 1. The fourth-order valence-corrected chi connectivity index (χ4v) is 1.38. The Balaban J connectivity index is 2.49. The summed E-state index contributed by atoms with van der Waals surface area (Å²) in [6, 6.07) is 1.93. The lowest BCUT2D eigenvalue weighted by Gasteiger charge is -2.07. The molecule has 0 aliphatic rings. The van der Waals surface area contributed by atoms with Crippen LogP contribution in [-0.2, 0) is 0 Å². The normalized spacial score (nSPS) is 10.1. The fraction of sp³-hybridized carbons (Fsp3) is 0.636. The first-order chi connectivity index (χ1) is 7.26. The van der Waals surface area contributed by atoms with Gasteiger partial charge in [0, 0.05) is 19.7 Å². The highest BCUT2D eigenvalue weighted by Crippen LogP contribution is 2.10. The minimum atomic E-state index is 0.792. The number of hydrogen-bond donors (Lipinski definition) is 2. The summed E-state index contributed by atoms with van der Waals surface area (Å²) in [7, 11) is 1.86. The molecule has 1 aromatic rings. The number of anilines is 2. The van der Waals surface area contributed by atoms with Crippen molar-refractivity contribution < 1.29 is 0 Å². The zero-order valence-electron chi connectivity index (χ0n) is 9.80. The van der Waals surface area contributed by atoms with Gasteiger partial charge < -0.3 is 10.6 Å². The lowest BCUT2D eigenvalue weighted by Crippen LogP contribution is -2.06. The topological polar surface area (TPSA) is 49.8 Å². The Hall–Kier alpha value is -1.32. The van der Waals surface area contributed by atoms with Gasteiger partial charge in [-0.25, -0.2) is 9.97 Å². The van der Waals surface area contributed by atoms with E-state index in [4.69, 9.17) is 0 Å². The van der Waals surface area contributed by atoms with Gasteiger partial charge in [0.15, 0.2) is 0 Å². The molecular formula is C11H20N4. The van der Waals surface area contributed by atoms with E-state index in [-0.39, 0.29) is 0 Å². The Morgan fingerprint density at radius 2 is 1.93 bits per heavy atom. The lowest BCUT2D eigenvalue weighted by atomic mass is 10.2. The number of rotatable bonds is 6. The quantitative estimate of drug-likeness (QED) is 0.705. The molecular weight excluding hydrogens is 188 g/mol. The van der Waals surface area contributed by atoms with Crippen molar-refractivity contribution in [3.63, 3.8) is 0 Å². The maximum atomic E-state index is 4.32. The van der Waals surface area contributed by atoms with Crippen molar-refractivity contribution in [1.29, 1.82) is 0 Å². The van der Waals surface area contributed by atoms with E-state index >= 15 is 0 Å². The Bertz CT molecular complexity index is 299. The Kier molecular flexibility index (Phi) is 4.87. The van der Waals surface area contributed by atoms with Crippen LogP contribution in [0.25, 0.3) is 0 Å². The molecule has 0 amide bonds. The number of unbranched alkanes of at least 4 members (excludes halogenated alkanes) is 2. The number of hydrogen-bond acceptors (Lipinski definition) is 4. The smallest absolute Gasteiger partial charge is 0.131 e. The maximum Gasteiger partial charge on any atom is 0.131 e. The molecule has 0 fully saturated rings. The second kappa shape index (κ2) is 6.22. The molecule has 1 aromatic heterocycles. The summed E-state index contributed by atoms with van der Waals surface area (Å²) in [6.45, 7) is 5.08. The summed E-state index contributed by atoms with van der Waals surface area (Å²) < 4.78 is 0. The van der Waals surface area contributed by atoms with Gasteiger partial charge in [-0.05, 0) is 13.3 Å². The fourth-order valence-electron chi connectivity index (χ4n) is 1.38. The first-order valence-electron chi connectivity index (χ1n) is 5.53. The highest BCUT2D eigenvalue weighted by molar-refractivity contribution is 5.46. The minimum Gasteiger partial charge on any atom is -0.373 e. The van der Waals surface area contributed by atoms with E-state index in [0.717, 1.165) is 24.0 Å². The third-order valence-corrected chi connectivity index (χ3v) is 2.18. The SMILES string of the molecule is CCCCCNc1cc(NC)nc(C)n1. The van der Waals surface area contributed by atoms with Crippen molar-refractivity contribution in [2.75, 3.05) is 24.2 Å². The largest absolute Gasteiger partial charge is 0.373 e. The zero-order valence-corrected chi connectivity index (χ0v) is 9.80. The van der Waals surface area contributed by atoms with Crippen LogP contribution in [0, 0.1) is 6.92 Å². The third-order valence-electron chi connectivity index (χ3n) is 2.18. The van der Waals surface area contributed by atoms with Crippen LogP contribution in [0.15, 0.2) is 6.07 Å². The van der Waals surface area contributed by atoms with Crippen molar-refractivity contribution in [3.05, 3.63) is 11.9 Å². The van der Waals surface area contributed by atoms with E-state index in [1.807, 2.05) is 20.0 Å². The molecule has 4 heteroatoms. The molecule has 15 heavy (non-hydrogen) atoms. The second-order valence-electron chi connectivity index (χ2n) is 3.57. The van der Waals surface area contributed by atoms with Crippen molar-refractivity contribution in [2.45, 2.75) is 33.1 Å². The second-order valence-corrected chi connectivity index (χ2v) is 3.57. The van der Waals surface area contributed by atoms with E-state index in [1.54, 1.807) is 0 Å². The number of nitrogens with zero attached hydrogens (tertiary/aromatic N) is 2.